The summed E-state index contributed by atoms with van der Waals surface area (Å²) in [5, 5.41) is 10.9. The van der Waals surface area contributed by atoms with Crippen LogP contribution in [0.15, 0.2) is 54.6 Å². The highest BCUT2D eigenvalue weighted by Gasteiger charge is 2.61. The number of alkyl halides is 2. The molecule has 0 saturated carbocycles. The second-order valence-corrected chi connectivity index (χ2v) is 5.20. The first-order chi connectivity index (χ1) is 9.92. The molecule has 1 N–H and O–H groups in total. The van der Waals surface area contributed by atoms with Crippen molar-refractivity contribution in [2.75, 3.05) is 0 Å². The van der Waals surface area contributed by atoms with Crippen LogP contribution in [0.25, 0.3) is 6.08 Å². The van der Waals surface area contributed by atoms with Crippen molar-refractivity contribution in [3.05, 3.63) is 70.8 Å². The van der Waals surface area contributed by atoms with Gasteiger partial charge in [0.1, 0.15) is 5.75 Å². The molecule has 1 heterocycles. The standard InChI is InChI=1S/C16H11ClF2O2/c17-12-7-5-11(6-8-12)9-10-15(20)13-3-1-2-4-14(13)21-16(15,18)19/h1-10,20H. The number of ether oxygens (including phenoxy) is 1. The minimum Gasteiger partial charge on any atom is -0.429 e. The van der Waals surface area contributed by atoms with Crippen molar-refractivity contribution in [3.63, 3.8) is 0 Å². The fourth-order valence-electron chi connectivity index (χ4n) is 2.22. The van der Waals surface area contributed by atoms with Crippen LogP contribution < -0.4 is 4.74 Å². The first-order valence-corrected chi connectivity index (χ1v) is 6.64. The molecule has 0 fully saturated rings. The van der Waals surface area contributed by atoms with Gasteiger partial charge in [-0.25, -0.2) is 0 Å². The number of hydrogen-bond acceptors (Lipinski definition) is 2. The molecule has 0 radical (unpaired) electrons. The smallest absolute Gasteiger partial charge is 0.429 e. The molecule has 1 unspecified atom stereocenters. The lowest BCUT2D eigenvalue weighted by atomic mass is 9.93. The lowest BCUT2D eigenvalue weighted by Gasteiger charge is -2.24. The summed E-state index contributed by atoms with van der Waals surface area (Å²) in [6.45, 7) is 0. The molecule has 0 amide bonds. The maximum atomic E-state index is 14.0. The maximum absolute atomic E-state index is 14.0. The Kier molecular flexibility index (Phi) is 3.23. The Bertz CT molecular complexity index is 698. The SMILES string of the molecule is OC1(C=Cc2ccc(Cl)cc2)c2ccccc2OC1(F)F. The summed E-state index contributed by atoms with van der Waals surface area (Å²) in [7, 11) is 0. The van der Waals surface area contributed by atoms with Crippen LogP contribution in [0.1, 0.15) is 11.1 Å². The van der Waals surface area contributed by atoms with Gasteiger partial charge in [-0.2, -0.15) is 8.78 Å². The second-order valence-electron chi connectivity index (χ2n) is 4.77. The van der Waals surface area contributed by atoms with Gasteiger partial charge in [0.05, 0.1) is 0 Å². The lowest BCUT2D eigenvalue weighted by molar-refractivity contribution is -0.257. The van der Waals surface area contributed by atoms with Crippen LogP contribution >= 0.6 is 11.6 Å². The molecule has 0 spiro atoms. The number of fused-ring (bicyclic) bond motifs is 1. The van der Waals surface area contributed by atoms with E-state index in [-0.39, 0.29) is 11.3 Å². The molecule has 2 aromatic carbocycles. The minimum atomic E-state index is -3.72. The Labute approximate surface area is 125 Å². The van der Waals surface area contributed by atoms with Crippen LogP contribution in [0.4, 0.5) is 8.78 Å². The molecule has 2 nitrogen and oxygen atoms in total. The van der Waals surface area contributed by atoms with Crippen LogP contribution in [-0.2, 0) is 5.60 Å². The summed E-state index contributed by atoms with van der Waals surface area (Å²) in [6.07, 6.45) is -1.27. The molecule has 1 aliphatic heterocycles. The Morgan fingerprint density at radius 1 is 1.05 bits per heavy atom. The summed E-state index contributed by atoms with van der Waals surface area (Å²) in [6, 6.07) is 12.6. The van der Waals surface area contributed by atoms with E-state index in [0.717, 1.165) is 6.08 Å². The molecule has 0 bridgehead atoms. The predicted molar refractivity (Wildman–Crippen MR) is 76.4 cm³/mol. The summed E-state index contributed by atoms with van der Waals surface area (Å²) in [5.74, 6) is -0.0224. The molecule has 108 valence electrons. The zero-order chi connectivity index (χ0) is 15.1. The summed E-state index contributed by atoms with van der Waals surface area (Å²) in [5.41, 5.74) is -1.81. The fraction of sp³-hybridized carbons (Fsp3) is 0.125. The molecule has 2 aromatic rings. The van der Waals surface area contributed by atoms with Crippen molar-refractivity contribution in [2.45, 2.75) is 11.7 Å². The first-order valence-electron chi connectivity index (χ1n) is 6.26. The molecular weight excluding hydrogens is 298 g/mol. The van der Waals surface area contributed by atoms with E-state index < -0.39 is 11.7 Å². The van der Waals surface area contributed by atoms with Gasteiger partial charge in [-0.15, -0.1) is 0 Å². The highest BCUT2D eigenvalue weighted by molar-refractivity contribution is 6.30. The van der Waals surface area contributed by atoms with E-state index >= 15 is 0 Å². The van der Waals surface area contributed by atoms with E-state index in [2.05, 4.69) is 4.74 Å². The van der Waals surface area contributed by atoms with Crippen molar-refractivity contribution in [1.29, 1.82) is 0 Å². The highest BCUT2D eigenvalue weighted by atomic mass is 35.5. The van der Waals surface area contributed by atoms with Gasteiger partial charge in [-0.3, -0.25) is 0 Å². The average Bonchev–Trinajstić information content (AvgIpc) is 2.66. The Hall–Kier alpha value is -1.91. The van der Waals surface area contributed by atoms with Gasteiger partial charge in [0.15, 0.2) is 0 Å². The topological polar surface area (TPSA) is 29.5 Å². The third-order valence-electron chi connectivity index (χ3n) is 3.37. The van der Waals surface area contributed by atoms with Crippen molar-refractivity contribution in [1.82, 2.24) is 0 Å². The highest BCUT2D eigenvalue weighted by Crippen LogP contribution is 2.50. The van der Waals surface area contributed by atoms with Gasteiger partial charge in [0.25, 0.3) is 0 Å². The van der Waals surface area contributed by atoms with Crippen LogP contribution in [-0.4, -0.2) is 11.2 Å². The second kappa shape index (κ2) is 4.83. The zero-order valence-electron chi connectivity index (χ0n) is 10.8. The molecular formula is C16H11ClF2O2. The predicted octanol–water partition coefficient (Wildman–Crippen LogP) is 4.23. The van der Waals surface area contributed by atoms with Gasteiger partial charge in [0.2, 0.25) is 5.60 Å². The van der Waals surface area contributed by atoms with Crippen LogP contribution in [0.2, 0.25) is 5.02 Å². The first kappa shape index (κ1) is 14.0. The van der Waals surface area contributed by atoms with Crippen molar-refractivity contribution in [3.8, 4) is 5.75 Å². The Morgan fingerprint density at radius 3 is 2.43 bits per heavy atom. The lowest BCUT2D eigenvalue weighted by Crippen LogP contribution is -2.42. The summed E-state index contributed by atoms with van der Waals surface area (Å²) < 4.78 is 32.6. The molecule has 21 heavy (non-hydrogen) atoms. The van der Waals surface area contributed by atoms with E-state index in [1.807, 2.05) is 0 Å². The van der Waals surface area contributed by atoms with Gasteiger partial charge in [-0.1, -0.05) is 48.0 Å². The molecule has 0 aliphatic carbocycles. The molecule has 0 saturated heterocycles. The third kappa shape index (κ3) is 2.30. The molecule has 0 aromatic heterocycles. The molecule has 1 aliphatic rings. The van der Waals surface area contributed by atoms with E-state index in [9.17, 15) is 13.9 Å². The summed E-state index contributed by atoms with van der Waals surface area (Å²) >= 11 is 5.77. The monoisotopic (exact) mass is 308 g/mol. The van der Waals surface area contributed by atoms with Crippen LogP contribution in [0, 0.1) is 0 Å². The zero-order valence-corrected chi connectivity index (χ0v) is 11.5. The number of benzene rings is 2. The van der Waals surface area contributed by atoms with E-state index in [4.69, 9.17) is 11.6 Å². The van der Waals surface area contributed by atoms with Crippen LogP contribution in [0.5, 0.6) is 5.75 Å². The Balaban J connectivity index is 2.01. The number of para-hydroxylation sites is 1. The Morgan fingerprint density at radius 2 is 1.71 bits per heavy atom. The maximum Gasteiger partial charge on any atom is 0.435 e. The quantitative estimate of drug-likeness (QED) is 0.900. The molecule has 5 heteroatoms. The fourth-order valence-corrected chi connectivity index (χ4v) is 2.35. The van der Waals surface area contributed by atoms with Gasteiger partial charge >= 0.3 is 6.11 Å². The summed E-state index contributed by atoms with van der Waals surface area (Å²) in [4.78, 5) is 0. The number of hydrogen-bond donors (Lipinski definition) is 1. The van der Waals surface area contributed by atoms with Gasteiger partial charge in [-0.05, 0) is 29.8 Å². The van der Waals surface area contributed by atoms with Gasteiger partial charge < -0.3 is 9.84 Å². The van der Waals surface area contributed by atoms with Crippen molar-refractivity contribution >= 4 is 17.7 Å². The minimum absolute atomic E-state index is 0.0224. The van der Waals surface area contributed by atoms with Crippen molar-refractivity contribution in [2.24, 2.45) is 0 Å². The number of halogens is 3. The van der Waals surface area contributed by atoms with Crippen molar-refractivity contribution < 1.29 is 18.6 Å². The molecule has 3 rings (SSSR count). The average molecular weight is 309 g/mol. The molecule has 1 atom stereocenters. The number of rotatable bonds is 2. The van der Waals surface area contributed by atoms with E-state index in [1.54, 1.807) is 36.4 Å². The van der Waals surface area contributed by atoms with E-state index in [1.165, 1.54) is 18.2 Å². The van der Waals surface area contributed by atoms with Crippen LogP contribution in [0.3, 0.4) is 0 Å². The van der Waals surface area contributed by atoms with E-state index in [0.29, 0.717) is 10.6 Å². The largest absolute Gasteiger partial charge is 0.435 e. The third-order valence-corrected chi connectivity index (χ3v) is 3.62. The number of aliphatic hydroxyl groups is 1. The van der Waals surface area contributed by atoms with Gasteiger partial charge in [0, 0.05) is 10.6 Å². The normalized spacial score (nSPS) is 23.0.